The summed E-state index contributed by atoms with van der Waals surface area (Å²) in [6.45, 7) is 5.64. The van der Waals surface area contributed by atoms with E-state index < -0.39 is 6.04 Å². The average molecular weight is 363 g/mol. The fourth-order valence-corrected chi connectivity index (χ4v) is 3.61. The lowest BCUT2D eigenvalue weighted by atomic mass is 10.0. The van der Waals surface area contributed by atoms with E-state index >= 15 is 0 Å². The van der Waals surface area contributed by atoms with Gasteiger partial charge in [0.25, 0.3) is 11.8 Å². The number of pyridine rings is 1. The first kappa shape index (κ1) is 16.5. The van der Waals surface area contributed by atoms with Gasteiger partial charge in [-0.3, -0.25) is 14.5 Å². The molecule has 1 unspecified atom stereocenters. The summed E-state index contributed by atoms with van der Waals surface area (Å²) >= 11 is 6.24. The van der Waals surface area contributed by atoms with E-state index in [-0.39, 0.29) is 11.8 Å². The molecule has 0 spiro atoms. The molecule has 1 aliphatic heterocycles. The normalized spacial score (nSPS) is 14.6. The highest BCUT2D eigenvalue weighted by molar-refractivity contribution is 6.35. The van der Waals surface area contributed by atoms with Gasteiger partial charge in [0.05, 0.1) is 33.4 Å². The van der Waals surface area contributed by atoms with E-state index in [0.29, 0.717) is 27.4 Å². The van der Waals surface area contributed by atoms with Crippen molar-refractivity contribution in [1.82, 2.24) is 9.88 Å². The maximum atomic E-state index is 12.8. The molecule has 2 aromatic carbocycles. The van der Waals surface area contributed by atoms with Crippen molar-refractivity contribution in [2.24, 2.45) is 0 Å². The van der Waals surface area contributed by atoms with E-state index in [2.05, 4.69) is 11.6 Å². The smallest absolute Gasteiger partial charge is 0.262 e. The lowest BCUT2D eigenvalue weighted by Gasteiger charge is -2.24. The lowest BCUT2D eigenvalue weighted by molar-refractivity contribution is 0.0595. The van der Waals surface area contributed by atoms with E-state index in [0.717, 1.165) is 10.9 Å². The fourth-order valence-electron chi connectivity index (χ4n) is 3.39. The van der Waals surface area contributed by atoms with Crippen LogP contribution in [0.15, 0.2) is 55.1 Å². The number of para-hydroxylation sites is 1. The standard InChI is InChI=1S/C21H15ClN2O2/c1-3-18-16(11-13-7-6-10-17(22)19(13)23-18)12(2)24-20(25)14-8-4-5-9-15(14)21(24)26/h3-12H,1H2,2H3. The van der Waals surface area contributed by atoms with Crippen LogP contribution in [0.5, 0.6) is 0 Å². The van der Waals surface area contributed by atoms with Gasteiger partial charge in [-0.25, -0.2) is 4.98 Å². The third-order valence-corrected chi connectivity index (χ3v) is 5.02. The Kier molecular flexibility index (Phi) is 3.85. The molecule has 2 heterocycles. The summed E-state index contributed by atoms with van der Waals surface area (Å²) in [5, 5.41) is 1.40. The lowest BCUT2D eigenvalue weighted by Crippen LogP contribution is -2.33. The Morgan fingerprint density at radius 2 is 1.73 bits per heavy atom. The number of rotatable bonds is 3. The summed E-state index contributed by atoms with van der Waals surface area (Å²) in [4.78, 5) is 31.4. The minimum atomic E-state index is -0.480. The number of amides is 2. The number of carbonyl (C=O) groups is 2. The molecule has 0 N–H and O–H groups in total. The molecule has 1 atom stereocenters. The number of hydrogen-bond acceptors (Lipinski definition) is 3. The van der Waals surface area contributed by atoms with Crippen LogP contribution in [-0.4, -0.2) is 21.7 Å². The number of hydrogen-bond donors (Lipinski definition) is 0. The number of nitrogens with zero attached hydrogens (tertiary/aromatic N) is 2. The molecule has 0 aliphatic carbocycles. The van der Waals surface area contributed by atoms with Gasteiger partial charge in [-0.1, -0.05) is 42.4 Å². The highest BCUT2D eigenvalue weighted by Gasteiger charge is 2.39. The summed E-state index contributed by atoms with van der Waals surface area (Å²) in [6.07, 6.45) is 1.62. The Bertz CT molecular complexity index is 1060. The van der Waals surface area contributed by atoms with Crippen molar-refractivity contribution in [3.8, 4) is 0 Å². The van der Waals surface area contributed by atoms with Crippen LogP contribution in [0.2, 0.25) is 5.02 Å². The number of benzene rings is 2. The van der Waals surface area contributed by atoms with Gasteiger partial charge in [0.15, 0.2) is 0 Å². The minimum absolute atomic E-state index is 0.292. The highest BCUT2D eigenvalue weighted by atomic mass is 35.5. The van der Waals surface area contributed by atoms with Crippen LogP contribution in [0.4, 0.5) is 0 Å². The van der Waals surface area contributed by atoms with Crippen LogP contribution in [0.25, 0.3) is 17.0 Å². The van der Waals surface area contributed by atoms with Crippen molar-refractivity contribution in [3.63, 3.8) is 0 Å². The first-order chi connectivity index (χ1) is 12.5. The number of carbonyl (C=O) groups excluding carboxylic acids is 2. The van der Waals surface area contributed by atoms with Crippen molar-refractivity contribution < 1.29 is 9.59 Å². The van der Waals surface area contributed by atoms with Gasteiger partial charge >= 0.3 is 0 Å². The van der Waals surface area contributed by atoms with Gasteiger partial charge in [0.1, 0.15) is 0 Å². The molecule has 128 valence electrons. The molecule has 0 saturated carbocycles. The molecule has 2 amide bonds. The number of aromatic nitrogens is 1. The summed E-state index contributed by atoms with van der Waals surface area (Å²) in [7, 11) is 0. The predicted octanol–water partition coefficient (Wildman–Crippen LogP) is 4.89. The van der Waals surface area contributed by atoms with Crippen molar-refractivity contribution in [3.05, 3.63) is 82.5 Å². The third kappa shape index (κ3) is 2.34. The second-order valence-electron chi connectivity index (χ2n) is 6.18. The largest absolute Gasteiger partial charge is 0.269 e. The topological polar surface area (TPSA) is 50.3 Å². The maximum Gasteiger partial charge on any atom is 0.262 e. The first-order valence-electron chi connectivity index (χ1n) is 8.21. The van der Waals surface area contributed by atoms with Gasteiger partial charge in [0, 0.05) is 10.9 Å². The zero-order valence-corrected chi connectivity index (χ0v) is 14.8. The predicted molar refractivity (Wildman–Crippen MR) is 102 cm³/mol. The van der Waals surface area contributed by atoms with Crippen LogP contribution >= 0.6 is 11.6 Å². The number of imide groups is 1. The van der Waals surface area contributed by atoms with E-state index in [1.165, 1.54) is 4.90 Å². The molecule has 0 bridgehead atoms. The molecule has 0 fully saturated rings. The van der Waals surface area contributed by atoms with Crippen LogP contribution in [0.3, 0.4) is 0 Å². The van der Waals surface area contributed by atoms with Crippen LogP contribution in [0, 0.1) is 0 Å². The fraction of sp³-hybridized carbons (Fsp3) is 0.0952. The number of halogens is 1. The Hall–Kier alpha value is -2.98. The third-order valence-electron chi connectivity index (χ3n) is 4.71. The summed E-state index contributed by atoms with van der Waals surface area (Å²) in [6, 6.07) is 13.8. The monoisotopic (exact) mass is 362 g/mol. The molecule has 26 heavy (non-hydrogen) atoms. The molecule has 3 aromatic rings. The minimum Gasteiger partial charge on any atom is -0.269 e. The molecule has 5 heteroatoms. The molecule has 1 aromatic heterocycles. The summed E-state index contributed by atoms with van der Waals surface area (Å²) in [5.41, 5.74) is 2.89. The van der Waals surface area contributed by atoms with Gasteiger partial charge in [-0.15, -0.1) is 0 Å². The zero-order chi connectivity index (χ0) is 18.4. The average Bonchev–Trinajstić information content (AvgIpc) is 2.91. The Labute approximate surface area is 155 Å². The van der Waals surface area contributed by atoms with Crippen LogP contribution < -0.4 is 0 Å². The zero-order valence-electron chi connectivity index (χ0n) is 14.1. The van der Waals surface area contributed by atoms with Crippen molar-refractivity contribution in [2.45, 2.75) is 13.0 Å². The number of fused-ring (bicyclic) bond motifs is 2. The van der Waals surface area contributed by atoms with Crippen molar-refractivity contribution in [2.75, 3.05) is 0 Å². The molecule has 1 aliphatic rings. The first-order valence-corrected chi connectivity index (χ1v) is 8.59. The molecule has 4 rings (SSSR count). The van der Waals surface area contributed by atoms with E-state index in [4.69, 9.17) is 11.6 Å². The second kappa shape index (κ2) is 6.07. The van der Waals surface area contributed by atoms with E-state index in [1.807, 2.05) is 25.1 Å². The van der Waals surface area contributed by atoms with Crippen LogP contribution in [-0.2, 0) is 0 Å². The highest BCUT2D eigenvalue weighted by Crippen LogP contribution is 2.34. The Balaban J connectivity index is 1.84. The SMILES string of the molecule is C=Cc1nc2c(Cl)cccc2cc1C(C)N1C(=O)c2ccccc2C1=O. The molecule has 0 radical (unpaired) electrons. The van der Waals surface area contributed by atoms with Gasteiger partial charge in [-0.05, 0) is 37.3 Å². The van der Waals surface area contributed by atoms with Gasteiger partial charge in [0.2, 0.25) is 0 Å². The molecule has 4 nitrogen and oxygen atoms in total. The van der Waals surface area contributed by atoms with Gasteiger partial charge < -0.3 is 0 Å². The summed E-state index contributed by atoms with van der Waals surface area (Å²) in [5.74, 6) is -0.585. The summed E-state index contributed by atoms with van der Waals surface area (Å²) < 4.78 is 0. The Morgan fingerprint density at radius 3 is 2.35 bits per heavy atom. The van der Waals surface area contributed by atoms with Crippen LogP contribution in [0.1, 0.15) is 44.9 Å². The second-order valence-corrected chi connectivity index (χ2v) is 6.59. The van der Waals surface area contributed by atoms with Crippen molar-refractivity contribution >= 4 is 40.4 Å². The quantitative estimate of drug-likeness (QED) is 0.623. The molecule has 0 saturated heterocycles. The van der Waals surface area contributed by atoms with Gasteiger partial charge in [-0.2, -0.15) is 0 Å². The molecular weight excluding hydrogens is 348 g/mol. The molecular formula is C21H15ClN2O2. The van der Waals surface area contributed by atoms with E-state index in [1.54, 1.807) is 36.4 Å². The van der Waals surface area contributed by atoms with Crippen molar-refractivity contribution in [1.29, 1.82) is 0 Å². The Morgan fingerprint density at radius 1 is 1.08 bits per heavy atom. The maximum absolute atomic E-state index is 12.8. The van der Waals surface area contributed by atoms with E-state index in [9.17, 15) is 9.59 Å².